The van der Waals surface area contributed by atoms with E-state index in [1.165, 1.54) is 6.42 Å². The minimum absolute atomic E-state index is 0. The van der Waals surface area contributed by atoms with E-state index in [4.69, 9.17) is 5.73 Å². The second kappa shape index (κ2) is 8.59. The summed E-state index contributed by atoms with van der Waals surface area (Å²) in [4.78, 5) is 23.6. The van der Waals surface area contributed by atoms with Gasteiger partial charge >= 0.3 is 5.97 Å². The monoisotopic (exact) mass is 320 g/mol. The van der Waals surface area contributed by atoms with Crippen molar-refractivity contribution in [2.75, 3.05) is 0 Å². The minimum atomic E-state index is -0.999. The summed E-state index contributed by atoms with van der Waals surface area (Å²) < 4.78 is 0. The molecule has 0 saturated heterocycles. The molecule has 5 nitrogen and oxygen atoms in total. The summed E-state index contributed by atoms with van der Waals surface area (Å²) in [6, 6.07) is -1.49. The second-order valence-corrected chi connectivity index (χ2v) is 6.55. The van der Waals surface area contributed by atoms with Crippen molar-refractivity contribution in [3.63, 3.8) is 0 Å². The summed E-state index contributed by atoms with van der Waals surface area (Å²) >= 11 is 0. The van der Waals surface area contributed by atoms with Gasteiger partial charge in [0.05, 0.1) is 6.04 Å². The number of carboxylic acid groups (broad SMARTS) is 1. The molecule has 6 heteroatoms. The summed E-state index contributed by atoms with van der Waals surface area (Å²) in [6.07, 6.45) is 6.00. The third-order valence-electron chi connectivity index (χ3n) is 4.69. The van der Waals surface area contributed by atoms with E-state index in [0.717, 1.165) is 25.7 Å². The number of carbonyl (C=O) groups excluding carboxylic acids is 1. The Balaban J connectivity index is 0.00000400. The van der Waals surface area contributed by atoms with Gasteiger partial charge in [-0.05, 0) is 30.6 Å². The molecule has 1 unspecified atom stereocenters. The van der Waals surface area contributed by atoms with Crippen LogP contribution in [0.5, 0.6) is 0 Å². The highest BCUT2D eigenvalue weighted by atomic mass is 35.5. The van der Waals surface area contributed by atoms with E-state index in [9.17, 15) is 14.7 Å². The highest BCUT2D eigenvalue weighted by Gasteiger charge is 2.37. The van der Waals surface area contributed by atoms with Gasteiger partial charge in [-0.25, -0.2) is 4.79 Å². The molecule has 1 aliphatic carbocycles. The molecule has 21 heavy (non-hydrogen) atoms. The Labute approximate surface area is 133 Å². The van der Waals surface area contributed by atoms with Gasteiger partial charge in [0, 0.05) is 0 Å². The van der Waals surface area contributed by atoms with E-state index in [0.29, 0.717) is 6.42 Å². The molecule has 124 valence electrons. The summed E-state index contributed by atoms with van der Waals surface area (Å²) in [7, 11) is 0. The number of carbonyl (C=O) groups is 2. The molecule has 4 N–H and O–H groups in total. The Morgan fingerprint density at radius 2 is 1.81 bits per heavy atom. The number of nitrogens with one attached hydrogen (secondary N) is 1. The van der Waals surface area contributed by atoms with Crippen molar-refractivity contribution in [3.05, 3.63) is 0 Å². The number of rotatable bonds is 6. The Hall–Kier alpha value is -0.810. The van der Waals surface area contributed by atoms with Gasteiger partial charge in [0.2, 0.25) is 5.91 Å². The van der Waals surface area contributed by atoms with Crippen molar-refractivity contribution >= 4 is 24.3 Å². The Bertz CT molecular complexity index is 355. The van der Waals surface area contributed by atoms with Crippen LogP contribution in [-0.4, -0.2) is 29.1 Å². The highest BCUT2D eigenvalue weighted by molar-refractivity contribution is 5.87. The summed E-state index contributed by atoms with van der Waals surface area (Å²) in [5.74, 6) is -1.14. The Morgan fingerprint density at radius 3 is 2.24 bits per heavy atom. The summed E-state index contributed by atoms with van der Waals surface area (Å²) in [5, 5.41) is 12.0. The van der Waals surface area contributed by atoms with Crippen LogP contribution in [-0.2, 0) is 9.59 Å². The van der Waals surface area contributed by atoms with Crippen LogP contribution in [0.15, 0.2) is 0 Å². The van der Waals surface area contributed by atoms with Crippen molar-refractivity contribution in [3.8, 4) is 0 Å². The first-order chi connectivity index (χ1) is 9.29. The smallest absolute Gasteiger partial charge is 0.326 e. The van der Waals surface area contributed by atoms with Crippen LogP contribution in [0, 0.1) is 11.3 Å². The van der Waals surface area contributed by atoms with Crippen LogP contribution in [0.2, 0.25) is 0 Å². The zero-order valence-corrected chi connectivity index (χ0v) is 14.0. The predicted octanol–water partition coefficient (Wildman–Crippen LogP) is 2.32. The normalized spacial score (nSPS) is 19.2. The fourth-order valence-corrected chi connectivity index (χ4v) is 2.74. The van der Waals surface area contributed by atoms with E-state index in [1.807, 2.05) is 20.8 Å². The maximum atomic E-state index is 12.2. The third kappa shape index (κ3) is 5.47. The fraction of sp³-hybridized carbons (Fsp3) is 0.867. The van der Waals surface area contributed by atoms with Gasteiger partial charge in [-0.3, -0.25) is 4.79 Å². The first-order valence-electron chi connectivity index (χ1n) is 7.58. The van der Waals surface area contributed by atoms with E-state index in [2.05, 4.69) is 5.32 Å². The van der Waals surface area contributed by atoms with Crippen LogP contribution in [0.3, 0.4) is 0 Å². The fourth-order valence-electron chi connectivity index (χ4n) is 2.74. The molecule has 0 aromatic rings. The molecule has 1 saturated carbocycles. The van der Waals surface area contributed by atoms with Gasteiger partial charge in [-0.15, -0.1) is 12.4 Å². The van der Waals surface area contributed by atoms with Crippen molar-refractivity contribution in [1.29, 1.82) is 0 Å². The Kier molecular flexibility index (Phi) is 8.26. The standard InChI is InChI=1S/C15H28N2O3.ClH/c1-4-15(2,3)12(14(19)20)17-13(18)11(16)10-8-6-5-7-9-10;/h10-12H,4-9,16H2,1-3H3,(H,17,18)(H,19,20);1H/t11-,12?;/m0./s1. The van der Waals surface area contributed by atoms with Crippen LogP contribution < -0.4 is 11.1 Å². The van der Waals surface area contributed by atoms with Gasteiger partial charge in [0.1, 0.15) is 6.04 Å². The van der Waals surface area contributed by atoms with Crippen molar-refractivity contribution in [2.24, 2.45) is 17.1 Å². The zero-order chi connectivity index (χ0) is 15.3. The first kappa shape index (κ1) is 20.2. The van der Waals surface area contributed by atoms with Crippen molar-refractivity contribution < 1.29 is 14.7 Å². The minimum Gasteiger partial charge on any atom is -0.480 e. The number of aliphatic carboxylic acids is 1. The maximum absolute atomic E-state index is 12.2. The van der Waals surface area contributed by atoms with Crippen LogP contribution >= 0.6 is 12.4 Å². The quantitative estimate of drug-likeness (QED) is 0.700. The number of carboxylic acids is 1. The van der Waals surface area contributed by atoms with E-state index >= 15 is 0 Å². The van der Waals surface area contributed by atoms with Crippen molar-refractivity contribution in [2.45, 2.75) is 71.4 Å². The molecule has 2 atom stereocenters. The van der Waals surface area contributed by atoms with E-state index in [1.54, 1.807) is 0 Å². The molecule has 0 radical (unpaired) electrons. The zero-order valence-electron chi connectivity index (χ0n) is 13.2. The van der Waals surface area contributed by atoms with Crippen LogP contribution in [0.1, 0.15) is 59.3 Å². The average Bonchev–Trinajstić information content (AvgIpc) is 2.44. The molecular weight excluding hydrogens is 292 g/mol. The van der Waals surface area contributed by atoms with Gasteiger partial charge < -0.3 is 16.2 Å². The molecule has 1 aliphatic rings. The molecule has 0 aromatic heterocycles. The molecule has 0 spiro atoms. The van der Waals surface area contributed by atoms with Gasteiger partial charge in [-0.2, -0.15) is 0 Å². The average molecular weight is 321 g/mol. The van der Waals surface area contributed by atoms with Gasteiger partial charge in [0.15, 0.2) is 0 Å². The van der Waals surface area contributed by atoms with Crippen LogP contribution in [0.4, 0.5) is 0 Å². The number of amides is 1. The molecule has 1 fully saturated rings. The number of nitrogens with two attached hydrogens (primary N) is 1. The molecular formula is C15H29ClN2O3. The van der Waals surface area contributed by atoms with Crippen LogP contribution in [0.25, 0.3) is 0 Å². The number of hydrogen-bond acceptors (Lipinski definition) is 3. The topological polar surface area (TPSA) is 92.4 Å². The van der Waals surface area contributed by atoms with E-state index in [-0.39, 0.29) is 24.2 Å². The lowest BCUT2D eigenvalue weighted by molar-refractivity contribution is -0.145. The molecule has 1 rings (SSSR count). The highest BCUT2D eigenvalue weighted by Crippen LogP contribution is 2.27. The Morgan fingerprint density at radius 1 is 1.29 bits per heavy atom. The lowest BCUT2D eigenvalue weighted by atomic mass is 9.80. The first-order valence-corrected chi connectivity index (χ1v) is 7.58. The molecule has 1 amide bonds. The summed E-state index contributed by atoms with van der Waals surface area (Å²) in [6.45, 7) is 5.61. The second-order valence-electron chi connectivity index (χ2n) is 6.55. The molecule has 0 aromatic carbocycles. The van der Waals surface area contributed by atoms with E-state index < -0.39 is 23.5 Å². The largest absolute Gasteiger partial charge is 0.480 e. The third-order valence-corrected chi connectivity index (χ3v) is 4.69. The number of hydrogen-bond donors (Lipinski definition) is 3. The summed E-state index contributed by atoms with van der Waals surface area (Å²) in [5.41, 5.74) is 5.53. The predicted molar refractivity (Wildman–Crippen MR) is 85.4 cm³/mol. The van der Waals surface area contributed by atoms with Gasteiger partial charge in [-0.1, -0.05) is 40.0 Å². The van der Waals surface area contributed by atoms with Gasteiger partial charge in [0.25, 0.3) is 0 Å². The number of halogens is 1. The van der Waals surface area contributed by atoms with Crippen molar-refractivity contribution in [1.82, 2.24) is 5.32 Å². The lowest BCUT2D eigenvalue weighted by Gasteiger charge is -2.33. The lowest BCUT2D eigenvalue weighted by Crippen LogP contribution is -2.56. The SMILES string of the molecule is CCC(C)(C)C(NC(=O)[C@@H](N)C1CCCCC1)C(=O)O.Cl. The molecule has 0 heterocycles. The maximum Gasteiger partial charge on any atom is 0.326 e. The molecule has 0 bridgehead atoms. The molecule has 0 aliphatic heterocycles.